The summed E-state index contributed by atoms with van der Waals surface area (Å²) in [5.41, 5.74) is 5.39. The maximum absolute atomic E-state index is 5.39. The van der Waals surface area contributed by atoms with Gasteiger partial charge in [-0.1, -0.05) is 0 Å². The second kappa shape index (κ2) is 9.69. The fourth-order valence-corrected chi connectivity index (χ4v) is 2.05. The Morgan fingerprint density at radius 2 is 1.39 bits per heavy atom. The summed E-state index contributed by atoms with van der Waals surface area (Å²) in [5, 5.41) is 0. The highest BCUT2D eigenvalue weighted by Crippen LogP contribution is 1.96. The van der Waals surface area contributed by atoms with Crippen LogP contribution in [0.4, 0.5) is 0 Å². The lowest BCUT2D eigenvalue weighted by Gasteiger charge is -2.28. The zero-order valence-electron chi connectivity index (χ0n) is 12.1. The van der Waals surface area contributed by atoms with Crippen LogP contribution in [0.3, 0.4) is 0 Å². The summed E-state index contributed by atoms with van der Waals surface area (Å²) in [4.78, 5) is 7.12. The highest BCUT2D eigenvalue weighted by molar-refractivity contribution is 4.64. The zero-order chi connectivity index (χ0) is 13.2. The molecule has 108 valence electrons. The fraction of sp³-hybridized carbons (Fsp3) is 1.00. The lowest BCUT2D eigenvalue weighted by molar-refractivity contribution is 0.0377. The number of likely N-dealkylation sites (N-methyl/N-ethyl adjacent to an activating group) is 2. The molecule has 0 spiro atoms. The maximum Gasteiger partial charge on any atom is 0.0594 e. The van der Waals surface area contributed by atoms with E-state index in [-0.39, 0.29) is 0 Å². The summed E-state index contributed by atoms with van der Waals surface area (Å²) in [6, 6.07) is 0. The maximum atomic E-state index is 5.39. The number of piperazine rings is 1. The summed E-state index contributed by atoms with van der Waals surface area (Å²) in [7, 11) is 4.35. The lowest BCUT2D eigenvalue weighted by atomic mass is 10.3. The third-order valence-electron chi connectivity index (χ3n) is 3.51. The van der Waals surface area contributed by atoms with Crippen LogP contribution in [-0.2, 0) is 4.74 Å². The summed E-state index contributed by atoms with van der Waals surface area (Å²) < 4.78 is 5.21. The standard InChI is InChI=1S/C7H16N2O.C6H14N2/c8-2-1-3-9-4-6-10-7-5-9;1-7-3-5-8(2)6-4-7/h1-8H2;3-6H2,1-2H3. The van der Waals surface area contributed by atoms with Gasteiger partial charge in [0.1, 0.15) is 0 Å². The van der Waals surface area contributed by atoms with E-state index in [0.29, 0.717) is 0 Å². The Morgan fingerprint density at radius 3 is 1.83 bits per heavy atom. The Morgan fingerprint density at radius 1 is 0.889 bits per heavy atom. The first-order valence-electron chi connectivity index (χ1n) is 7.09. The van der Waals surface area contributed by atoms with Crippen LogP contribution in [-0.4, -0.2) is 94.4 Å². The van der Waals surface area contributed by atoms with Gasteiger partial charge in [0.2, 0.25) is 0 Å². The van der Waals surface area contributed by atoms with E-state index in [1.807, 2.05) is 0 Å². The van der Waals surface area contributed by atoms with Crippen molar-refractivity contribution in [2.24, 2.45) is 5.73 Å². The third kappa shape index (κ3) is 7.28. The second-order valence-electron chi connectivity index (χ2n) is 5.20. The topological polar surface area (TPSA) is 45.0 Å². The van der Waals surface area contributed by atoms with Crippen molar-refractivity contribution in [2.75, 3.05) is 79.7 Å². The molecule has 2 rings (SSSR count). The van der Waals surface area contributed by atoms with Crippen LogP contribution in [0, 0.1) is 0 Å². The van der Waals surface area contributed by atoms with Crippen LogP contribution < -0.4 is 5.73 Å². The quantitative estimate of drug-likeness (QED) is 0.741. The van der Waals surface area contributed by atoms with Crippen molar-refractivity contribution in [3.63, 3.8) is 0 Å². The molecule has 2 aliphatic rings. The Balaban J connectivity index is 0.000000184. The normalized spacial score (nSPS) is 23.5. The number of ether oxygens (including phenoxy) is 1. The van der Waals surface area contributed by atoms with Gasteiger partial charge in [0, 0.05) is 39.3 Å². The molecule has 2 heterocycles. The molecular weight excluding hydrogens is 228 g/mol. The van der Waals surface area contributed by atoms with Crippen LogP contribution in [0.15, 0.2) is 0 Å². The van der Waals surface area contributed by atoms with Crippen LogP contribution in [0.25, 0.3) is 0 Å². The van der Waals surface area contributed by atoms with E-state index < -0.39 is 0 Å². The molecule has 0 aliphatic carbocycles. The summed E-state index contributed by atoms with van der Waals surface area (Å²) in [5.74, 6) is 0. The van der Waals surface area contributed by atoms with Gasteiger partial charge >= 0.3 is 0 Å². The van der Waals surface area contributed by atoms with Gasteiger partial charge in [0.15, 0.2) is 0 Å². The van der Waals surface area contributed by atoms with Crippen LogP contribution in [0.5, 0.6) is 0 Å². The minimum absolute atomic E-state index is 0.803. The molecule has 2 aliphatic heterocycles. The highest BCUT2D eigenvalue weighted by Gasteiger charge is 2.08. The van der Waals surface area contributed by atoms with Crippen molar-refractivity contribution in [3.8, 4) is 0 Å². The molecule has 18 heavy (non-hydrogen) atoms. The van der Waals surface area contributed by atoms with Crippen molar-refractivity contribution in [2.45, 2.75) is 6.42 Å². The average molecular weight is 258 g/mol. The van der Waals surface area contributed by atoms with Crippen LogP contribution in [0.1, 0.15) is 6.42 Å². The minimum Gasteiger partial charge on any atom is -0.379 e. The second-order valence-corrected chi connectivity index (χ2v) is 5.20. The summed E-state index contributed by atoms with van der Waals surface area (Å²) >= 11 is 0. The van der Waals surface area contributed by atoms with Gasteiger partial charge in [0.05, 0.1) is 13.2 Å². The van der Waals surface area contributed by atoms with Crippen molar-refractivity contribution in [1.29, 1.82) is 0 Å². The smallest absolute Gasteiger partial charge is 0.0594 e. The van der Waals surface area contributed by atoms with Crippen molar-refractivity contribution in [1.82, 2.24) is 14.7 Å². The van der Waals surface area contributed by atoms with Gasteiger partial charge in [-0.25, -0.2) is 0 Å². The number of hydrogen-bond acceptors (Lipinski definition) is 5. The molecule has 0 atom stereocenters. The number of rotatable bonds is 3. The highest BCUT2D eigenvalue weighted by atomic mass is 16.5. The van der Waals surface area contributed by atoms with E-state index >= 15 is 0 Å². The van der Waals surface area contributed by atoms with Crippen molar-refractivity contribution in [3.05, 3.63) is 0 Å². The van der Waals surface area contributed by atoms with Gasteiger partial charge in [0.25, 0.3) is 0 Å². The number of nitrogens with zero attached hydrogens (tertiary/aromatic N) is 3. The van der Waals surface area contributed by atoms with Gasteiger partial charge in [-0.3, -0.25) is 4.90 Å². The van der Waals surface area contributed by atoms with Gasteiger partial charge in [-0.2, -0.15) is 0 Å². The molecule has 0 amide bonds. The van der Waals surface area contributed by atoms with Crippen LogP contribution >= 0.6 is 0 Å². The molecule has 0 unspecified atom stereocenters. The monoisotopic (exact) mass is 258 g/mol. The fourth-order valence-electron chi connectivity index (χ4n) is 2.05. The number of morpholine rings is 1. The minimum atomic E-state index is 0.803. The molecule has 2 saturated heterocycles. The molecule has 2 fully saturated rings. The molecule has 0 aromatic carbocycles. The Bertz CT molecular complexity index is 179. The molecule has 0 aromatic rings. The predicted molar refractivity (Wildman–Crippen MR) is 75.9 cm³/mol. The largest absolute Gasteiger partial charge is 0.379 e. The zero-order valence-corrected chi connectivity index (χ0v) is 12.1. The Hall–Kier alpha value is -0.200. The van der Waals surface area contributed by atoms with E-state index in [9.17, 15) is 0 Å². The molecule has 0 saturated carbocycles. The Labute approximate surface area is 112 Å². The molecule has 2 N–H and O–H groups in total. The third-order valence-corrected chi connectivity index (χ3v) is 3.51. The molecule has 0 bridgehead atoms. The first-order valence-corrected chi connectivity index (χ1v) is 7.09. The molecule has 0 radical (unpaired) electrons. The van der Waals surface area contributed by atoms with Crippen molar-refractivity contribution >= 4 is 0 Å². The lowest BCUT2D eigenvalue weighted by Crippen LogP contribution is -2.42. The molecular formula is C13H30N4O. The van der Waals surface area contributed by atoms with E-state index in [1.165, 1.54) is 26.2 Å². The van der Waals surface area contributed by atoms with Crippen molar-refractivity contribution < 1.29 is 4.74 Å². The number of nitrogens with two attached hydrogens (primary N) is 1. The summed E-state index contributed by atoms with van der Waals surface area (Å²) in [6.07, 6.45) is 1.11. The Kier molecular flexibility index (Phi) is 8.54. The van der Waals surface area contributed by atoms with Gasteiger partial charge in [-0.05, 0) is 33.6 Å². The summed E-state index contributed by atoms with van der Waals surface area (Å²) in [6.45, 7) is 10.8. The number of hydrogen-bond donors (Lipinski definition) is 1. The average Bonchev–Trinajstić information content (AvgIpc) is 2.42. The first kappa shape index (κ1) is 15.9. The van der Waals surface area contributed by atoms with E-state index in [0.717, 1.165) is 45.8 Å². The predicted octanol–water partition coefficient (Wildman–Crippen LogP) is -0.469. The molecule has 0 aromatic heterocycles. The van der Waals surface area contributed by atoms with Gasteiger partial charge < -0.3 is 20.3 Å². The first-order chi connectivity index (χ1) is 8.72. The molecule has 5 heteroatoms. The van der Waals surface area contributed by atoms with Gasteiger partial charge in [-0.15, -0.1) is 0 Å². The van der Waals surface area contributed by atoms with E-state index in [2.05, 4.69) is 28.8 Å². The van der Waals surface area contributed by atoms with E-state index in [1.54, 1.807) is 0 Å². The molecule has 5 nitrogen and oxygen atoms in total. The van der Waals surface area contributed by atoms with E-state index in [4.69, 9.17) is 10.5 Å². The van der Waals surface area contributed by atoms with Crippen LogP contribution in [0.2, 0.25) is 0 Å². The SMILES string of the molecule is CN1CCN(C)CC1.NCCCN1CCOCC1.